The Hall–Kier alpha value is -2.33. The highest BCUT2D eigenvalue weighted by atomic mass is 32.1. The Morgan fingerprint density at radius 2 is 2.00 bits per heavy atom. The lowest BCUT2D eigenvalue weighted by Gasteiger charge is -2.33. The van der Waals surface area contributed by atoms with E-state index in [1.54, 1.807) is 11.3 Å². The van der Waals surface area contributed by atoms with Crippen LogP contribution in [0.1, 0.15) is 19.4 Å². The molecule has 0 bridgehead atoms. The summed E-state index contributed by atoms with van der Waals surface area (Å²) in [4.78, 5) is 4.82. The largest absolute Gasteiger partial charge is 0.484 e. The zero-order chi connectivity index (χ0) is 16.7. The molecule has 0 spiro atoms. The molecule has 1 aliphatic heterocycles. The maximum Gasteiger partial charge on any atom is 0.143 e. The van der Waals surface area contributed by atoms with Crippen molar-refractivity contribution < 1.29 is 4.74 Å². The van der Waals surface area contributed by atoms with E-state index in [2.05, 4.69) is 67.9 Å². The fourth-order valence-corrected chi connectivity index (χ4v) is 3.70. The Morgan fingerprint density at radius 3 is 2.83 bits per heavy atom. The molecule has 0 fully saturated rings. The van der Waals surface area contributed by atoms with Crippen LogP contribution >= 0.6 is 11.3 Å². The third-order valence-electron chi connectivity index (χ3n) is 4.14. The summed E-state index contributed by atoms with van der Waals surface area (Å²) in [5.41, 5.74) is 5.41. The van der Waals surface area contributed by atoms with Gasteiger partial charge >= 0.3 is 0 Å². The fourth-order valence-electron chi connectivity index (χ4n) is 2.88. The SMILES string of the molecule is Cc1cccc(-c2nc(-c3ccc4c(c3)NCC(C)(C)O4)cs2)c1. The number of benzene rings is 2. The first-order chi connectivity index (χ1) is 11.5. The van der Waals surface area contributed by atoms with Gasteiger partial charge in [0.2, 0.25) is 0 Å². The standard InChI is InChI=1S/C20H20N2OS/c1-13-5-4-6-15(9-13)19-22-17(11-24-19)14-7-8-18-16(10-14)21-12-20(2,3)23-18/h4-11,21H,12H2,1-3H3. The summed E-state index contributed by atoms with van der Waals surface area (Å²) >= 11 is 1.68. The van der Waals surface area contributed by atoms with Gasteiger partial charge in [-0.1, -0.05) is 23.8 Å². The Morgan fingerprint density at radius 1 is 1.12 bits per heavy atom. The Labute approximate surface area is 146 Å². The van der Waals surface area contributed by atoms with Gasteiger partial charge in [0.15, 0.2) is 0 Å². The van der Waals surface area contributed by atoms with Crippen molar-refractivity contribution in [1.29, 1.82) is 0 Å². The van der Waals surface area contributed by atoms with E-state index in [1.807, 2.05) is 6.07 Å². The van der Waals surface area contributed by atoms with Gasteiger partial charge in [-0.05, 0) is 45.0 Å². The summed E-state index contributed by atoms with van der Waals surface area (Å²) in [6.07, 6.45) is 0. The van der Waals surface area contributed by atoms with Gasteiger partial charge in [0.1, 0.15) is 16.4 Å². The molecule has 0 aliphatic carbocycles. The van der Waals surface area contributed by atoms with E-state index in [9.17, 15) is 0 Å². The molecule has 0 saturated carbocycles. The molecule has 0 amide bonds. The Bertz CT molecular complexity index is 898. The monoisotopic (exact) mass is 336 g/mol. The van der Waals surface area contributed by atoms with E-state index >= 15 is 0 Å². The van der Waals surface area contributed by atoms with E-state index in [-0.39, 0.29) is 5.60 Å². The molecule has 1 aromatic heterocycles. The van der Waals surface area contributed by atoms with Gasteiger partial charge in [0.05, 0.1) is 17.9 Å². The molecule has 0 saturated heterocycles. The summed E-state index contributed by atoms with van der Waals surface area (Å²) in [7, 11) is 0. The lowest BCUT2D eigenvalue weighted by Crippen LogP contribution is -2.39. The average molecular weight is 336 g/mol. The molecule has 2 heterocycles. The zero-order valence-electron chi connectivity index (χ0n) is 14.1. The lowest BCUT2D eigenvalue weighted by atomic mass is 10.1. The van der Waals surface area contributed by atoms with Crippen LogP contribution in [0.3, 0.4) is 0 Å². The van der Waals surface area contributed by atoms with Crippen LogP contribution < -0.4 is 10.1 Å². The topological polar surface area (TPSA) is 34.2 Å². The number of rotatable bonds is 2. The van der Waals surface area contributed by atoms with Crippen LogP contribution in [0.25, 0.3) is 21.8 Å². The van der Waals surface area contributed by atoms with Crippen molar-refractivity contribution >= 4 is 17.0 Å². The van der Waals surface area contributed by atoms with Crippen LogP contribution in [-0.4, -0.2) is 17.1 Å². The normalized spacial score (nSPS) is 15.3. The van der Waals surface area contributed by atoms with Crippen molar-refractivity contribution in [1.82, 2.24) is 4.98 Å². The van der Waals surface area contributed by atoms with Crippen LogP contribution in [0.2, 0.25) is 0 Å². The molecule has 24 heavy (non-hydrogen) atoms. The van der Waals surface area contributed by atoms with Crippen LogP contribution in [0.4, 0.5) is 5.69 Å². The molecule has 0 radical (unpaired) electrons. The van der Waals surface area contributed by atoms with Gasteiger partial charge in [-0.25, -0.2) is 4.98 Å². The van der Waals surface area contributed by atoms with E-state index in [0.29, 0.717) is 0 Å². The van der Waals surface area contributed by atoms with Crippen molar-refractivity contribution in [3.05, 3.63) is 53.4 Å². The summed E-state index contributed by atoms with van der Waals surface area (Å²) in [5.74, 6) is 0.907. The van der Waals surface area contributed by atoms with Crippen molar-refractivity contribution in [2.75, 3.05) is 11.9 Å². The number of ether oxygens (including phenoxy) is 1. The first-order valence-corrected chi connectivity index (χ1v) is 8.98. The predicted molar refractivity (Wildman–Crippen MR) is 101 cm³/mol. The van der Waals surface area contributed by atoms with E-state index in [0.717, 1.165) is 34.2 Å². The predicted octanol–water partition coefficient (Wildman–Crippen LogP) is 5.37. The first-order valence-electron chi connectivity index (χ1n) is 8.10. The number of thiazole rings is 1. The molecule has 1 N–H and O–H groups in total. The minimum absolute atomic E-state index is 0.173. The van der Waals surface area contributed by atoms with Crippen molar-refractivity contribution in [2.24, 2.45) is 0 Å². The zero-order valence-corrected chi connectivity index (χ0v) is 14.9. The van der Waals surface area contributed by atoms with Crippen molar-refractivity contribution in [3.63, 3.8) is 0 Å². The third-order valence-corrected chi connectivity index (χ3v) is 5.03. The highest BCUT2D eigenvalue weighted by molar-refractivity contribution is 7.13. The maximum absolute atomic E-state index is 6.02. The van der Waals surface area contributed by atoms with E-state index < -0.39 is 0 Å². The van der Waals surface area contributed by atoms with E-state index in [4.69, 9.17) is 9.72 Å². The number of aryl methyl sites for hydroxylation is 1. The lowest BCUT2D eigenvalue weighted by molar-refractivity contribution is 0.116. The number of hydrogen-bond donors (Lipinski definition) is 1. The highest BCUT2D eigenvalue weighted by Crippen LogP contribution is 2.37. The number of aromatic nitrogens is 1. The quantitative estimate of drug-likeness (QED) is 0.683. The van der Waals surface area contributed by atoms with Crippen LogP contribution in [0.15, 0.2) is 47.8 Å². The van der Waals surface area contributed by atoms with Crippen LogP contribution in [0.5, 0.6) is 5.75 Å². The molecule has 4 heteroatoms. The molecule has 1 aliphatic rings. The molecule has 4 rings (SSSR count). The number of nitrogens with zero attached hydrogens (tertiary/aromatic N) is 1. The van der Waals surface area contributed by atoms with Crippen LogP contribution in [-0.2, 0) is 0 Å². The summed E-state index contributed by atoms with van der Waals surface area (Å²) in [6, 6.07) is 14.7. The summed E-state index contributed by atoms with van der Waals surface area (Å²) in [6.45, 7) is 7.08. The molecule has 3 nitrogen and oxygen atoms in total. The highest BCUT2D eigenvalue weighted by Gasteiger charge is 2.26. The van der Waals surface area contributed by atoms with Gasteiger partial charge in [-0.2, -0.15) is 0 Å². The molecule has 0 unspecified atom stereocenters. The minimum Gasteiger partial charge on any atom is -0.484 e. The summed E-state index contributed by atoms with van der Waals surface area (Å²) < 4.78 is 6.02. The Kier molecular flexibility index (Phi) is 3.57. The van der Waals surface area contributed by atoms with Crippen molar-refractivity contribution in [2.45, 2.75) is 26.4 Å². The first kappa shape index (κ1) is 15.2. The van der Waals surface area contributed by atoms with Gasteiger partial charge in [0.25, 0.3) is 0 Å². The average Bonchev–Trinajstić information content (AvgIpc) is 3.04. The minimum atomic E-state index is -0.173. The van der Waals surface area contributed by atoms with Crippen LogP contribution in [0, 0.1) is 6.92 Å². The van der Waals surface area contributed by atoms with Crippen molar-refractivity contribution in [3.8, 4) is 27.6 Å². The molecule has 0 atom stereocenters. The number of nitrogens with one attached hydrogen (secondary N) is 1. The molecule has 3 aromatic rings. The second-order valence-electron chi connectivity index (χ2n) is 6.83. The van der Waals surface area contributed by atoms with Gasteiger partial charge in [-0.3, -0.25) is 0 Å². The molecule has 122 valence electrons. The molecular formula is C20H20N2OS. The van der Waals surface area contributed by atoms with E-state index in [1.165, 1.54) is 11.1 Å². The summed E-state index contributed by atoms with van der Waals surface area (Å²) in [5, 5.41) is 6.63. The molecular weight excluding hydrogens is 316 g/mol. The molecule has 2 aromatic carbocycles. The third kappa shape index (κ3) is 2.89. The van der Waals surface area contributed by atoms with Gasteiger partial charge in [-0.15, -0.1) is 11.3 Å². The maximum atomic E-state index is 6.02. The second-order valence-corrected chi connectivity index (χ2v) is 7.69. The number of anilines is 1. The number of hydrogen-bond acceptors (Lipinski definition) is 4. The van der Waals surface area contributed by atoms with Gasteiger partial charge in [0, 0.05) is 16.5 Å². The fraction of sp³-hybridized carbons (Fsp3) is 0.250. The smallest absolute Gasteiger partial charge is 0.143 e. The van der Waals surface area contributed by atoms with Gasteiger partial charge < -0.3 is 10.1 Å². The Balaban J connectivity index is 1.66. The second kappa shape index (κ2) is 5.64. The number of fused-ring (bicyclic) bond motifs is 1.